The van der Waals surface area contributed by atoms with Crippen LogP contribution in [0.15, 0.2) is 64.7 Å². The highest BCUT2D eigenvalue weighted by Gasteiger charge is 2.13. The van der Waals surface area contributed by atoms with E-state index in [1.54, 1.807) is 16.2 Å². The first kappa shape index (κ1) is 15.1. The summed E-state index contributed by atoms with van der Waals surface area (Å²) in [6.07, 6.45) is 3.97. The molecule has 0 aliphatic carbocycles. The largest absolute Gasteiger partial charge is 0.337 e. The number of aromatic nitrogens is 1. The molecule has 0 bridgehead atoms. The zero-order valence-corrected chi connectivity index (χ0v) is 14.5. The van der Waals surface area contributed by atoms with Crippen LogP contribution in [0.1, 0.15) is 15.2 Å². The molecule has 0 radical (unpaired) electrons. The standard InChI is InChI=1S/C17H15BrN2OS/c1-19(12-15-8-9-16(18)22-15)17(21)13-4-6-14(7-5-13)20-10-2-3-11-20/h2-11H,12H2,1H3. The van der Waals surface area contributed by atoms with E-state index in [4.69, 9.17) is 0 Å². The Kier molecular flexibility index (Phi) is 4.45. The summed E-state index contributed by atoms with van der Waals surface area (Å²) in [5.74, 6) is 0.0311. The van der Waals surface area contributed by atoms with Gasteiger partial charge in [0.15, 0.2) is 0 Å². The van der Waals surface area contributed by atoms with Crippen LogP contribution in [-0.2, 0) is 6.54 Å². The van der Waals surface area contributed by atoms with Crippen LogP contribution in [0.2, 0.25) is 0 Å². The molecule has 3 rings (SSSR count). The molecule has 1 amide bonds. The van der Waals surface area contributed by atoms with Gasteiger partial charge in [-0.15, -0.1) is 11.3 Å². The van der Waals surface area contributed by atoms with Gasteiger partial charge in [-0.2, -0.15) is 0 Å². The zero-order valence-electron chi connectivity index (χ0n) is 12.1. The lowest BCUT2D eigenvalue weighted by atomic mass is 10.2. The van der Waals surface area contributed by atoms with Crippen molar-refractivity contribution in [2.24, 2.45) is 0 Å². The van der Waals surface area contributed by atoms with Crippen molar-refractivity contribution < 1.29 is 4.79 Å². The van der Waals surface area contributed by atoms with Crippen molar-refractivity contribution in [3.05, 3.63) is 75.2 Å². The van der Waals surface area contributed by atoms with Crippen LogP contribution in [0.4, 0.5) is 0 Å². The second kappa shape index (κ2) is 6.50. The monoisotopic (exact) mass is 374 g/mol. The first-order valence-electron chi connectivity index (χ1n) is 6.86. The number of benzene rings is 1. The van der Waals surface area contributed by atoms with Crippen LogP contribution in [0.5, 0.6) is 0 Å². The van der Waals surface area contributed by atoms with Gasteiger partial charge in [0.1, 0.15) is 0 Å². The molecule has 3 nitrogen and oxygen atoms in total. The second-order valence-corrected chi connectivity index (χ2v) is 7.55. The summed E-state index contributed by atoms with van der Waals surface area (Å²) in [7, 11) is 1.83. The highest BCUT2D eigenvalue weighted by Crippen LogP contribution is 2.23. The fourth-order valence-electron chi connectivity index (χ4n) is 2.25. The van der Waals surface area contributed by atoms with E-state index in [-0.39, 0.29) is 5.91 Å². The molecule has 2 heterocycles. The molecule has 0 atom stereocenters. The Morgan fingerprint density at radius 1 is 1.14 bits per heavy atom. The molecular weight excluding hydrogens is 360 g/mol. The first-order chi connectivity index (χ1) is 10.6. The third kappa shape index (κ3) is 3.31. The van der Waals surface area contributed by atoms with Crippen molar-refractivity contribution in [3.63, 3.8) is 0 Å². The lowest BCUT2D eigenvalue weighted by Crippen LogP contribution is -2.25. The summed E-state index contributed by atoms with van der Waals surface area (Å²) in [4.78, 5) is 15.4. The summed E-state index contributed by atoms with van der Waals surface area (Å²) in [6, 6.07) is 15.7. The summed E-state index contributed by atoms with van der Waals surface area (Å²) >= 11 is 5.09. The number of thiophene rings is 1. The molecule has 112 valence electrons. The van der Waals surface area contributed by atoms with Gasteiger partial charge in [-0.25, -0.2) is 0 Å². The van der Waals surface area contributed by atoms with Crippen molar-refractivity contribution >= 4 is 33.2 Å². The molecule has 0 saturated carbocycles. The smallest absolute Gasteiger partial charge is 0.253 e. The number of rotatable bonds is 4. The number of carbonyl (C=O) groups excluding carboxylic acids is 1. The minimum absolute atomic E-state index is 0.0311. The Bertz CT molecular complexity index is 762. The summed E-state index contributed by atoms with van der Waals surface area (Å²) in [5, 5.41) is 0. The molecular formula is C17H15BrN2OS. The minimum Gasteiger partial charge on any atom is -0.337 e. The van der Waals surface area contributed by atoms with Crippen molar-refractivity contribution in [1.82, 2.24) is 9.47 Å². The van der Waals surface area contributed by atoms with Gasteiger partial charge >= 0.3 is 0 Å². The highest BCUT2D eigenvalue weighted by atomic mass is 79.9. The molecule has 3 aromatic rings. The van der Waals surface area contributed by atoms with Crippen molar-refractivity contribution in [3.8, 4) is 5.69 Å². The number of hydrogen-bond donors (Lipinski definition) is 0. The normalized spacial score (nSPS) is 10.6. The van der Waals surface area contributed by atoms with Crippen LogP contribution < -0.4 is 0 Å². The van der Waals surface area contributed by atoms with E-state index in [2.05, 4.69) is 15.9 Å². The van der Waals surface area contributed by atoms with E-state index in [0.29, 0.717) is 12.1 Å². The van der Waals surface area contributed by atoms with E-state index in [0.717, 1.165) is 14.4 Å². The molecule has 0 aliphatic heterocycles. The summed E-state index contributed by atoms with van der Waals surface area (Å²) in [5.41, 5.74) is 1.75. The maximum Gasteiger partial charge on any atom is 0.253 e. The van der Waals surface area contributed by atoms with E-state index in [9.17, 15) is 4.79 Å². The Hall–Kier alpha value is -1.85. The maximum atomic E-state index is 12.5. The summed E-state index contributed by atoms with van der Waals surface area (Å²) < 4.78 is 3.10. The molecule has 0 spiro atoms. The van der Waals surface area contributed by atoms with Gasteiger partial charge in [-0.05, 0) is 64.5 Å². The number of amides is 1. The molecule has 0 saturated heterocycles. The predicted octanol–water partition coefficient (Wildman–Crippen LogP) is 4.57. The topological polar surface area (TPSA) is 25.2 Å². The maximum absolute atomic E-state index is 12.5. The number of hydrogen-bond acceptors (Lipinski definition) is 2. The molecule has 0 fully saturated rings. The van der Waals surface area contributed by atoms with Crippen LogP contribution in [-0.4, -0.2) is 22.4 Å². The average Bonchev–Trinajstić information content (AvgIpc) is 3.18. The summed E-state index contributed by atoms with van der Waals surface area (Å²) in [6.45, 7) is 0.619. The van der Waals surface area contributed by atoms with E-state index in [1.807, 2.05) is 72.5 Å². The lowest BCUT2D eigenvalue weighted by molar-refractivity contribution is 0.0786. The Balaban J connectivity index is 1.71. The number of halogens is 1. The highest BCUT2D eigenvalue weighted by molar-refractivity contribution is 9.11. The fourth-order valence-corrected chi connectivity index (χ4v) is 3.78. The molecule has 2 aromatic heterocycles. The van der Waals surface area contributed by atoms with E-state index < -0.39 is 0 Å². The Morgan fingerprint density at radius 2 is 1.82 bits per heavy atom. The Morgan fingerprint density at radius 3 is 2.41 bits per heavy atom. The van der Waals surface area contributed by atoms with Crippen molar-refractivity contribution in [2.45, 2.75) is 6.54 Å². The molecule has 5 heteroatoms. The van der Waals surface area contributed by atoms with Crippen LogP contribution in [0.3, 0.4) is 0 Å². The van der Waals surface area contributed by atoms with Gasteiger partial charge in [0.2, 0.25) is 0 Å². The molecule has 0 N–H and O–H groups in total. The molecule has 22 heavy (non-hydrogen) atoms. The van der Waals surface area contributed by atoms with Gasteiger partial charge in [0, 0.05) is 35.6 Å². The minimum atomic E-state index is 0.0311. The van der Waals surface area contributed by atoms with Crippen LogP contribution >= 0.6 is 27.3 Å². The molecule has 1 aromatic carbocycles. The number of carbonyl (C=O) groups is 1. The van der Waals surface area contributed by atoms with E-state index >= 15 is 0 Å². The van der Waals surface area contributed by atoms with Gasteiger partial charge in [-0.3, -0.25) is 4.79 Å². The quantitative estimate of drug-likeness (QED) is 0.656. The fraction of sp³-hybridized carbons (Fsp3) is 0.118. The van der Waals surface area contributed by atoms with Crippen LogP contribution in [0.25, 0.3) is 5.69 Å². The molecule has 0 unspecified atom stereocenters. The zero-order chi connectivity index (χ0) is 15.5. The number of nitrogens with zero attached hydrogens (tertiary/aromatic N) is 2. The molecule has 0 aliphatic rings. The van der Waals surface area contributed by atoms with Crippen molar-refractivity contribution in [2.75, 3.05) is 7.05 Å². The SMILES string of the molecule is CN(Cc1ccc(Br)s1)C(=O)c1ccc(-n2cccc2)cc1. The van der Waals surface area contributed by atoms with Gasteiger partial charge < -0.3 is 9.47 Å². The average molecular weight is 375 g/mol. The lowest BCUT2D eigenvalue weighted by Gasteiger charge is -2.16. The second-order valence-electron chi connectivity index (χ2n) is 5.00. The first-order valence-corrected chi connectivity index (χ1v) is 8.47. The van der Waals surface area contributed by atoms with E-state index in [1.165, 1.54) is 0 Å². The predicted molar refractivity (Wildman–Crippen MR) is 93.6 cm³/mol. The van der Waals surface area contributed by atoms with Gasteiger partial charge in [0.25, 0.3) is 5.91 Å². The van der Waals surface area contributed by atoms with Gasteiger partial charge in [-0.1, -0.05) is 0 Å². The van der Waals surface area contributed by atoms with Crippen molar-refractivity contribution in [1.29, 1.82) is 0 Å². The third-order valence-electron chi connectivity index (χ3n) is 3.39. The Labute approximate surface area is 141 Å². The van der Waals surface area contributed by atoms with Crippen LogP contribution in [0, 0.1) is 0 Å². The third-order valence-corrected chi connectivity index (χ3v) is 4.99. The van der Waals surface area contributed by atoms with Gasteiger partial charge in [0.05, 0.1) is 10.3 Å².